The second-order valence-electron chi connectivity index (χ2n) is 3.88. The van der Waals surface area contributed by atoms with Gasteiger partial charge < -0.3 is 5.32 Å². The van der Waals surface area contributed by atoms with Gasteiger partial charge in [0.1, 0.15) is 0 Å². The summed E-state index contributed by atoms with van der Waals surface area (Å²) >= 11 is 3.22. The Labute approximate surface area is 99.2 Å². The topological polar surface area (TPSA) is 29.1 Å². The largest absolute Gasteiger partial charge is 0.325 e. The van der Waals surface area contributed by atoms with Crippen LogP contribution in [0, 0.1) is 0 Å². The highest BCUT2D eigenvalue weighted by Gasteiger charge is 2.08. The maximum absolute atomic E-state index is 11.4. The highest BCUT2D eigenvalue weighted by molar-refractivity contribution is 9.10. The quantitative estimate of drug-likeness (QED) is 0.836. The number of halogens is 1. The number of amides is 1. The third kappa shape index (κ3) is 3.67. The van der Waals surface area contributed by atoms with Crippen LogP contribution >= 0.6 is 15.9 Å². The number of hydrogen-bond donors (Lipinski definition) is 1. The Kier molecular flexibility index (Phi) is 4.33. The molecular formula is C12H16BrNO. The number of anilines is 1. The summed E-state index contributed by atoms with van der Waals surface area (Å²) in [5, 5.41) is 2.82. The number of hydrogen-bond acceptors (Lipinski definition) is 1. The molecule has 0 aliphatic heterocycles. The molecule has 0 spiro atoms. The molecule has 0 fully saturated rings. The lowest BCUT2D eigenvalue weighted by Gasteiger charge is -2.09. The third-order valence-corrected chi connectivity index (χ3v) is 2.62. The monoisotopic (exact) mass is 269 g/mol. The van der Waals surface area contributed by atoms with Crippen molar-refractivity contribution in [1.82, 2.24) is 0 Å². The van der Waals surface area contributed by atoms with Gasteiger partial charge in [0.2, 0.25) is 5.91 Å². The minimum atomic E-state index is -0.165. The standard InChI is InChI=1S/C12H16BrNO/c1-8(2)10-4-6-11(7-5-10)14-12(15)9(3)13/h4-9H,1-3H3,(H,14,15). The number of alkyl halides is 1. The molecule has 3 heteroatoms. The van der Waals surface area contributed by atoms with Gasteiger partial charge in [-0.15, -0.1) is 0 Å². The summed E-state index contributed by atoms with van der Waals surface area (Å²) in [7, 11) is 0. The predicted octanol–water partition coefficient (Wildman–Crippen LogP) is 3.53. The SMILES string of the molecule is CC(Br)C(=O)Nc1ccc(C(C)C)cc1. The molecule has 0 bridgehead atoms. The summed E-state index contributed by atoms with van der Waals surface area (Å²) < 4.78 is 0. The first-order valence-electron chi connectivity index (χ1n) is 5.05. The molecule has 0 aromatic heterocycles. The number of carbonyl (C=O) groups is 1. The molecule has 82 valence electrons. The van der Waals surface area contributed by atoms with Crippen LogP contribution in [0.1, 0.15) is 32.3 Å². The van der Waals surface area contributed by atoms with E-state index in [1.165, 1.54) is 5.56 Å². The first-order valence-corrected chi connectivity index (χ1v) is 5.97. The normalized spacial score (nSPS) is 12.6. The highest BCUT2D eigenvalue weighted by Crippen LogP contribution is 2.17. The highest BCUT2D eigenvalue weighted by atomic mass is 79.9. The molecule has 0 heterocycles. The smallest absolute Gasteiger partial charge is 0.237 e. The van der Waals surface area contributed by atoms with E-state index in [9.17, 15) is 4.79 Å². The maximum atomic E-state index is 11.4. The van der Waals surface area contributed by atoms with Crippen LogP contribution in [0.2, 0.25) is 0 Å². The van der Waals surface area contributed by atoms with Gasteiger partial charge in [0, 0.05) is 5.69 Å². The molecule has 1 aromatic carbocycles. The van der Waals surface area contributed by atoms with Crippen LogP contribution in [-0.4, -0.2) is 10.7 Å². The molecule has 1 atom stereocenters. The number of rotatable bonds is 3. The lowest BCUT2D eigenvalue weighted by molar-refractivity contribution is -0.115. The fourth-order valence-electron chi connectivity index (χ4n) is 1.19. The van der Waals surface area contributed by atoms with E-state index in [2.05, 4.69) is 35.1 Å². The van der Waals surface area contributed by atoms with Crippen molar-refractivity contribution in [3.63, 3.8) is 0 Å². The van der Waals surface area contributed by atoms with E-state index in [4.69, 9.17) is 0 Å². The van der Waals surface area contributed by atoms with Crippen molar-refractivity contribution in [2.24, 2.45) is 0 Å². The van der Waals surface area contributed by atoms with Crippen LogP contribution < -0.4 is 5.32 Å². The molecule has 15 heavy (non-hydrogen) atoms. The fraction of sp³-hybridized carbons (Fsp3) is 0.417. The molecule has 1 unspecified atom stereocenters. The van der Waals surface area contributed by atoms with Crippen molar-refractivity contribution in [3.05, 3.63) is 29.8 Å². The molecule has 0 aliphatic rings. The van der Waals surface area contributed by atoms with Crippen molar-refractivity contribution in [2.45, 2.75) is 31.5 Å². The van der Waals surface area contributed by atoms with Crippen molar-refractivity contribution < 1.29 is 4.79 Å². The predicted molar refractivity (Wildman–Crippen MR) is 67.5 cm³/mol. The van der Waals surface area contributed by atoms with Gasteiger partial charge in [-0.1, -0.05) is 41.9 Å². The van der Waals surface area contributed by atoms with Gasteiger partial charge in [0.15, 0.2) is 0 Å². The van der Waals surface area contributed by atoms with Gasteiger partial charge in [-0.25, -0.2) is 0 Å². The van der Waals surface area contributed by atoms with Crippen LogP contribution in [0.4, 0.5) is 5.69 Å². The molecule has 0 saturated carbocycles. The van der Waals surface area contributed by atoms with E-state index >= 15 is 0 Å². The van der Waals surface area contributed by atoms with Gasteiger partial charge in [-0.05, 0) is 30.5 Å². The van der Waals surface area contributed by atoms with Crippen molar-refractivity contribution >= 4 is 27.5 Å². The Hall–Kier alpha value is -0.830. The molecule has 1 amide bonds. The maximum Gasteiger partial charge on any atom is 0.237 e. The average Bonchev–Trinajstić information content (AvgIpc) is 2.18. The summed E-state index contributed by atoms with van der Waals surface area (Å²) in [5.41, 5.74) is 2.12. The molecule has 1 N–H and O–H groups in total. The first-order chi connectivity index (χ1) is 7.00. The van der Waals surface area contributed by atoms with Crippen LogP contribution in [0.15, 0.2) is 24.3 Å². The van der Waals surface area contributed by atoms with Crippen LogP contribution in [0.5, 0.6) is 0 Å². The Morgan fingerprint density at radius 3 is 2.13 bits per heavy atom. The molecule has 0 radical (unpaired) electrons. The van der Waals surface area contributed by atoms with Gasteiger partial charge in [0.05, 0.1) is 4.83 Å². The number of carbonyl (C=O) groups excluding carboxylic acids is 1. The zero-order valence-electron chi connectivity index (χ0n) is 9.25. The van der Waals surface area contributed by atoms with E-state index in [0.717, 1.165) is 5.69 Å². The van der Waals surface area contributed by atoms with E-state index in [1.54, 1.807) is 6.92 Å². The second kappa shape index (κ2) is 5.31. The summed E-state index contributed by atoms with van der Waals surface area (Å²) in [6.07, 6.45) is 0. The van der Waals surface area contributed by atoms with Gasteiger partial charge in [-0.2, -0.15) is 0 Å². The van der Waals surface area contributed by atoms with E-state index in [-0.39, 0.29) is 10.7 Å². The first kappa shape index (κ1) is 12.2. The van der Waals surface area contributed by atoms with Crippen molar-refractivity contribution in [3.8, 4) is 0 Å². The lowest BCUT2D eigenvalue weighted by atomic mass is 10.0. The molecule has 0 saturated heterocycles. The lowest BCUT2D eigenvalue weighted by Crippen LogP contribution is -2.19. The van der Waals surface area contributed by atoms with Gasteiger partial charge in [0.25, 0.3) is 0 Å². The summed E-state index contributed by atoms with van der Waals surface area (Å²) in [6, 6.07) is 7.95. The minimum absolute atomic E-state index is 0.0210. The third-order valence-electron chi connectivity index (χ3n) is 2.21. The zero-order valence-corrected chi connectivity index (χ0v) is 10.8. The van der Waals surface area contributed by atoms with Crippen LogP contribution in [0.25, 0.3) is 0 Å². The second-order valence-corrected chi connectivity index (χ2v) is 5.26. The summed E-state index contributed by atoms with van der Waals surface area (Å²) in [5.74, 6) is 0.497. The zero-order chi connectivity index (χ0) is 11.4. The van der Waals surface area contributed by atoms with Crippen LogP contribution in [0.3, 0.4) is 0 Å². The van der Waals surface area contributed by atoms with Gasteiger partial charge >= 0.3 is 0 Å². The molecule has 2 nitrogen and oxygen atoms in total. The van der Waals surface area contributed by atoms with Gasteiger partial charge in [-0.3, -0.25) is 4.79 Å². The Morgan fingerprint density at radius 2 is 1.73 bits per heavy atom. The molecule has 0 aliphatic carbocycles. The Balaban J connectivity index is 2.69. The number of nitrogens with one attached hydrogen (secondary N) is 1. The molecule has 1 aromatic rings. The summed E-state index contributed by atoms with van der Waals surface area (Å²) in [6.45, 7) is 6.10. The van der Waals surface area contributed by atoms with E-state index in [1.807, 2.05) is 24.3 Å². The van der Waals surface area contributed by atoms with E-state index < -0.39 is 0 Å². The Morgan fingerprint density at radius 1 is 1.20 bits per heavy atom. The van der Waals surface area contributed by atoms with Crippen molar-refractivity contribution in [1.29, 1.82) is 0 Å². The molecular weight excluding hydrogens is 254 g/mol. The molecule has 1 rings (SSSR count). The average molecular weight is 270 g/mol. The van der Waals surface area contributed by atoms with Crippen molar-refractivity contribution in [2.75, 3.05) is 5.32 Å². The minimum Gasteiger partial charge on any atom is -0.325 e. The summed E-state index contributed by atoms with van der Waals surface area (Å²) in [4.78, 5) is 11.2. The fourth-order valence-corrected chi connectivity index (χ4v) is 1.31. The van der Waals surface area contributed by atoms with Crippen LogP contribution in [-0.2, 0) is 4.79 Å². The Bertz CT molecular complexity index is 330. The van der Waals surface area contributed by atoms with E-state index in [0.29, 0.717) is 5.92 Å². The number of benzene rings is 1.